The van der Waals surface area contributed by atoms with Crippen LogP contribution < -0.4 is 4.74 Å². The molecule has 0 bridgehead atoms. The van der Waals surface area contributed by atoms with Crippen LogP contribution in [-0.4, -0.2) is 29.5 Å². The topological polar surface area (TPSA) is 49.7 Å². The smallest absolute Gasteiger partial charge is 0.119 e. The SMILES string of the molecule is CC(O)COc1ccc(CCO)cc1. The van der Waals surface area contributed by atoms with E-state index in [2.05, 4.69) is 0 Å². The second-order valence-electron chi connectivity index (χ2n) is 3.28. The van der Waals surface area contributed by atoms with Crippen molar-refractivity contribution in [2.45, 2.75) is 19.4 Å². The van der Waals surface area contributed by atoms with Crippen LogP contribution in [0, 0.1) is 0 Å². The van der Waals surface area contributed by atoms with Gasteiger partial charge in [-0.05, 0) is 31.0 Å². The van der Waals surface area contributed by atoms with Crippen LogP contribution in [0.4, 0.5) is 0 Å². The molecule has 0 spiro atoms. The highest BCUT2D eigenvalue weighted by molar-refractivity contribution is 5.27. The Balaban J connectivity index is 2.46. The number of aliphatic hydroxyl groups is 2. The first-order chi connectivity index (χ1) is 6.72. The molecule has 3 heteroatoms. The zero-order chi connectivity index (χ0) is 10.4. The minimum atomic E-state index is -0.452. The van der Waals surface area contributed by atoms with Crippen LogP contribution in [0.5, 0.6) is 5.75 Å². The van der Waals surface area contributed by atoms with Crippen molar-refractivity contribution in [1.82, 2.24) is 0 Å². The summed E-state index contributed by atoms with van der Waals surface area (Å²) in [6, 6.07) is 7.50. The van der Waals surface area contributed by atoms with Gasteiger partial charge in [-0.3, -0.25) is 0 Å². The van der Waals surface area contributed by atoms with E-state index in [1.807, 2.05) is 24.3 Å². The van der Waals surface area contributed by atoms with Crippen molar-refractivity contribution in [3.8, 4) is 5.75 Å². The highest BCUT2D eigenvalue weighted by Crippen LogP contribution is 2.12. The molecule has 0 aliphatic heterocycles. The van der Waals surface area contributed by atoms with Gasteiger partial charge in [0.25, 0.3) is 0 Å². The van der Waals surface area contributed by atoms with Crippen LogP contribution in [0.15, 0.2) is 24.3 Å². The van der Waals surface area contributed by atoms with E-state index in [0.29, 0.717) is 13.0 Å². The van der Waals surface area contributed by atoms with Crippen molar-refractivity contribution in [1.29, 1.82) is 0 Å². The van der Waals surface area contributed by atoms with Gasteiger partial charge in [-0.25, -0.2) is 0 Å². The third-order valence-corrected chi connectivity index (χ3v) is 1.82. The molecule has 1 unspecified atom stereocenters. The molecular formula is C11H16O3. The minimum absolute atomic E-state index is 0.161. The van der Waals surface area contributed by atoms with Crippen molar-refractivity contribution in [3.05, 3.63) is 29.8 Å². The van der Waals surface area contributed by atoms with E-state index in [1.165, 1.54) is 0 Å². The summed E-state index contributed by atoms with van der Waals surface area (Å²) in [6.07, 6.45) is 0.212. The van der Waals surface area contributed by atoms with Gasteiger partial charge >= 0.3 is 0 Å². The molecule has 0 fully saturated rings. The summed E-state index contributed by atoms with van der Waals surface area (Å²) in [5.41, 5.74) is 1.08. The lowest BCUT2D eigenvalue weighted by molar-refractivity contribution is 0.122. The van der Waals surface area contributed by atoms with E-state index in [9.17, 15) is 0 Å². The minimum Gasteiger partial charge on any atom is -0.491 e. The van der Waals surface area contributed by atoms with Crippen LogP contribution in [0.25, 0.3) is 0 Å². The molecule has 14 heavy (non-hydrogen) atoms. The fourth-order valence-electron chi connectivity index (χ4n) is 1.10. The zero-order valence-electron chi connectivity index (χ0n) is 8.31. The van der Waals surface area contributed by atoms with E-state index < -0.39 is 6.10 Å². The molecule has 1 atom stereocenters. The maximum atomic E-state index is 8.99. The standard InChI is InChI=1S/C11H16O3/c1-9(13)8-14-11-4-2-10(3-5-11)6-7-12/h2-5,9,12-13H,6-8H2,1H3. The van der Waals surface area contributed by atoms with Gasteiger partial charge in [0.15, 0.2) is 0 Å². The Labute approximate surface area is 84.0 Å². The van der Waals surface area contributed by atoms with E-state index in [-0.39, 0.29) is 6.61 Å². The molecule has 1 aromatic carbocycles. The second kappa shape index (κ2) is 5.62. The summed E-state index contributed by atoms with van der Waals surface area (Å²) in [7, 11) is 0. The first kappa shape index (κ1) is 11.0. The summed E-state index contributed by atoms with van der Waals surface area (Å²) in [5.74, 6) is 0.743. The van der Waals surface area contributed by atoms with E-state index >= 15 is 0 Å². The van der Waals surface area contributed by atoms with Gasteiger partial charge in [-0.1, -0.05) is 12.1 Å². The molecule has 0 aliphatic carbocycles. The molecule has 0 amide bonds. The third kappa shape index (κ3) is 3.77. The van der Waals surface area contributed by atoms with Gasteiger partial charge in [0.2, 0.25) is 0 Å². The molecule has 2 N–H and O–H groups in total. The maximum Gasteiger partial charge on any atom is 0.119 e. The first-order valence-electron chi connectivity index (χ1n) is 4.73. The third-order valence-electron chi connectivity index (χ3n) is 1.82. The number of hydrogen-bond acceptors (Lipinski definition) is 3. The molecule has 78 valence electrons. The highest BCUT2D eigenvalue weighted by Gasteiger charge is 1.98. The number of rotatable bonds is 5. The molecule has 0 radical (unpaired) electrons. The van der Waals surface area contributed by atoms with Gasteiger partial charge < -0.3 is 14.9 Å². The molecule has 0 saturated carbocycles. The van der Waals surface area contributed by atoms with Gasteiger partial charge in [-0.15, -0.1) is 0 Å². The Morgan fingerprint density at radius 3 is 2.43 bits per heavy atom. The average Bonchev–Trinajstić information content (AvgIpc) is 2.17. The monoisotopic (exact) mass is 196 g/mol. The molecular weight excluding hydrogens is 180 g/mol. The van der Waals surface area contributed by atoms with Gasteiger partial charge in [0.1, 0.15) is 12.4 Å². The Morgan fingerprint density at radius 1 is 1.29 bits per heavy atom. The molecule has 0 heterocycles. The maximum absolute atomic E-state index is 8.99. The lowest BCUT2D eigenvalue weighted by Crippen LogP contribution is -2.12. The molecule has 1 rings (SSSR count). The summed E-state index contributed by atoms with van der Waals surface area (Å²) in [6.45, 7) is 2.15. The molecule has 1 aromatic rings. The fourth-order valence-corrected chi connectivity index (χ4v) is 1.10. The van der Waals surface area contributed by atoms with Gasteiger partial charge in [0.05, 0.1) is 6.10 Å². The van der Waals surface area contributed by atoms with Gasteiger partial charge in [-0.2, -0.15) is 0 Å². The predicted octanol–water partition coefficient (Wildman–Crippen LogP) is 0.981. The van der Waals surface area contributed by atoms with Crippen LogP contribution in [-0.2, 0) is 6.42 Å². The fraction of sp³-hybridized carbons (Fsp3) is 0.455. The summed E-state index contributed by atoms with van der Waals surface area (Å²) < 4.78 is 5.29. The molecule has 0 aromatic heterocycles. The van der Waals surface area contributed by atoms with E-state index in [1.54, 1.807) is 6.92 Å². The lowest BCUT2D eigenvalue weighted by atomic mass is 10.1. The highest BCUT2D eigenvalue weighted by atomic mass is 16.5. The number of ether oxygens (including phenoxy) is 1. The normalized spacial score (nSPS) is 12.5. The van der Waals surface area contributed by atoms with Crippen molar-refractivity contribution in [3.63, 3.8) is 0 Å². The lowest BCUT2D eigenvalue weighted by Gasteiger charge is -2.08. The van der Waals surface area contributed by atoms with Crippen LogP contribution in [0.3, 0.4) is 0 Å². The number of benzene rings is 1. The van der Waals surface area contributed by atoms with Crippen LogP contribution >= 0.6 is 0 Å². The van der Waals surface area contributed by atoms with E-state index in [0.717, 1.165) is 11.3 Å². The summed E-state index contributed by atoms with van der Waals surface area (Å²) in [5, 5.41) is 17.7. The molecule has 0 saturated heterocycles. The largest absolute Gasteiger partial charge is 0.491 e. The van der Waals surface area contributed by atoms with Crippen molar-refractivity contribution < 1.29 is 14.9 Å². The molecule has 3 nitrogen and oxygen atoms in total. The average molecular weight is 196 g/mol. The quantitative estimate of drug-likeness (QED) is 0.738. The Kier molecular flexibility index (Phi) is 4.43. The Morgan fingerprint density at radius 2 is 1.93 bits per heavy atom. The van der Waals surface area contributed by atoms with Crippen molar-refractivity contribution >= 4 is 0 Å². The Bertz CT molecular complexity index is 254. The summed E-state index contributed by atoms with van der Waals surface area (Å²) in [4.78, 5) is 0. The van der Waals surface area contributed by atoms with Crippen LogP contribution in [0.2, 0.25) is 0 Å². The number of hydrogen-bond donors (Lipinski definition) is 2. The van der Waals surface area contributed by atoms with Gasteiger partial charge in [0, 0.05) is 6.61 Å². The number of aliphatic hydroxyl groups excluding tert-OH is 2. The first-order valence-corrected chi connectivity index (χ1v) is 4.73. The summed E-state index contributed by atoms with van der Waals surface area (Å²) >= 11 is 0. The predicted molar refractivity (Wildman–Crippen MR) is 54.4 cm³/mol. The second-order valence-corrected chi connectivity index (χ2v) is 3.28. The zero-order valence-corrected chi connectivity index (χ0v) is 8.31. The molecule has 0 aliphatic rings. The van der Waals surface area contributed by atoms with Crippen molar-refractivity contribution in [2.24, 2.45) is 0 Å². The van der Waals surface area contributed by atoms with E-state index in [4.69, 9.17) is 14.9 Å². The Hall–Kier alpha value is -1.06. The van der Waals surface area contributed by atoms with Crippen molar-refractivity contribution in [2.75, 3.05) is 13.2 Å². The van der Waals surface area contributed by atoms with Crippen LogP contribution in [0.1, 0.15) is 12.5 Å².